The molecule has 14 nitrogen and oxygen atoms in total. The molecule has 0 spiro atoms. The standard InChI is InChI=1S/C25H23N5O2.C25H4.2CH4.H3N5O2.9H2/c1-28-22-12-18(5-6-20(22)21-7-9-26-14-23(21)28)30-11-8-19(13-25(30)31)32-16-17-15-29-10-3-2-4-24(29)27-17;1-3-5-7-9-11-13-15-17-19-21-23-25-24-22-20-18-16-14-12-10-8-6-4-2;;;1-2-3-4-5(6)7;;;;;;;;;/h2-6,8,10-13,15,26H,7,9,14,16H2,1H3;1H,2H3;2*1H4;(H2,1,3)(H,2,4);9*1H. The van der Waals surface area contributed by atoms with Crippen LogP contribution in [0.1, 0.15) is 51.6 Å². The van der Waals surface area contributed by atoms with Gasteiger partial charge in [-0.05, 0) is 151 Å². The zero-order valence-corrected chi connectivity index (χ0v) is 34.1. The van der Waals surface area contributed by atoms with Gasteiger partial charge in [0.1, 0.15) is 18.0 Å². The van der Waals surface area contributed by atoms with Gasteiger partial charge in [-0.15, -0.1) is 6.42 Å². The Morgan fingerprint density at radius 3 is 1.97 bits per heavy atom. The number of aromatic nitrogens is 4. The van der Waals surface area contributed by atoms with Crippen molar-refractivity contribution in [2.24, 2.45) is 23.3 Å². The number of nitrogens with zero attached hydrogens (tertiary/aromatic N) is 7. The van der Waals surface area contributed by atoms with Crippen LogP contribution in [-0.2, 0) is 26.6 Å². The van der Waals surface area contributed by atoms with Crippen LogP contribution in [0.4, 0.5) is 0 Å². The minimum atomic E-state index is -0.879. The summed E-state index contributed by atoms with van der Waals surface area (Å²) in [5.41, 5.74) is 7.64. The van der Waals surface area contributed by atoms with Gasteiger partial charge in [0.25, 0.3) is 5.56 Å². The molecule has 338 valence electrons. The predicted octanol–water partition coefficient (Wildman–Crippen LogP) is 6.37. The number of imidazole rings is 1. The van der Waals surface area contributed by atoms with E-state index in [0.717, 1.165) is 42.1 Å². The van der Waals surface area contributed by atoms with E-state index in [2.05, 4.69) is 187 Å². The van der Waals surface area contributed by atoms with Gasteiger partial charge in [-0.2, -0.15) is 0 Å². The molecule has 0 fully saturated rings. The van der Waals surface area contributed by atoms with E-state index in [-0.39, 0.29) is 33.3 Å². The van der Waals surface area contributed by atoms with Crippen LogP contribution >= 0.6 is 0 Å². The van der Waals surface area contributed by atoms with Crippen LogP contribution in [0.2, 0.25) is 0 Å². The zero-order valence-electron chi connectivity index (χ0n) is 34.1. The van der Waals surface area contributed by atoms with Gasteiger partial charge in [-0.25, -0.2) is 4.98 Å². The molecule has 5 aromatic rings. The second-order valence-electron chi connectivity index (χ2n) is 11.8. The van der Waals surface area contributed by atoms with Crippen LogP contribution in [-0.4, -0.2) is 30.1 Å². The Labute approximate surface area is 397 Å². The number of nitrogens with one attached hydrogen (secondary N) is 2. The first kappa shape index (κ1) is 51.6. The van der Waals surface area contributed by atoms with Gasteiger partial charge in [0.05, 0.1) is 27.2 Å². The lowest BCUT2D eigenvalue weighted by molar-refractivity contribution is -0.546. The molecule has 6 rings (SSSR count). The fourth-order valence-electron chi connectivity index (χ4n) is 5.36. The molecular weight excluding hydrogens is 829 g/mol. The number of hydrazine groups is 1. The molecule has 0 saturated heterocycles. The molecule has 0 aliphatic carbocycles. The highest BCUT2D eigenvalue weighted by Gasteiger charge is 2.18. The number of rotatable bonds is 6. The molecule has 0 amide bonds. The lowest BCUT2D eigenvalue weighted by atomic mass is 10.0. The third-order valence-electron chi connectivity index (χ3n) is 7.87. The Morgan fingerprint density at radius 1 is 0.864 bits per heavy atom. The van der Waals surface area contributed by atoms with E-state index in [1.54, 1.807) is 17.7 Å². The smallest absolute Gasteiger partial charge is 0.258 e. The number of pyridine rings is 2. The minimum Gasteiger partial charge on any atom is -0.487 e. The number of hydrogen-bond donors (Lipinski definition) is 3. The Morgan fingerprint density at radius 2 is 1.45 bits per heavy atom. The van der Waals surface area contributed by atoms with Gasteiger partial charge < -0.3 is 29.1 Å². The number of hydrogen-bond acceptors (Lipinski definition) is 8. The van der Waals surface area contributed by atoms with Crippen molar-refractivity contribution in [3.63, 3.8) is 0 Å². The van der Waals surface area contributed by atoms with Crippen LogP contribution in [0.25, 0.3) is 22.2 Å². The first-order chi connectivity index (χ1) is 31.4. The number of aryl methyl sites for hydroxylation is 1. The molecule has 0 radical (unpaired) electrons. The van der Waals surface area contributed by atoms with Crippen LogP contribution in [0.5, 0.6) is 5.75 Å². The summed E-state index contributed by atoms with van der Waals surface area (Å²) in [6.45, 7) is 3.89. The topological polar surface area (TPSA) is 171 Å². The van der Waals surface area contributed by atoms with Crippen LogP contribution in [0.15, 0.2) is 82.4 Å². The molecule has 1 aromatic carbocycles. The normalized spacial score (nSPS) is 8.98. The maximum atomic E-state index is 12.9. The molecule has 0 atom stereocenters. The third-order valence-corrected chi connectivity index (χ3v) is 7.87. The highest BCUT2D eigenvalue weighted by atomic mass is 16.7. The fraction of sp³-hybridized carbons (Fsp3) is 0.154. The fourth-order valence-corrected chi connectivity index (χ4v) is 5.36. The summed E-state index contributed by atoms with van der Waals surface area (Å²) in [6, 6.07) is 15.4. The van der Waals surface area contributed by atoms with Gasteiger partial charge in [0.15, 0.2) is 5.22 Å². The second-order valence-corrected chi connectivity index (χ2v) is 11.8. The average molecular weight is 885 g/mol. The monoisotopic (exact) mass is 884 g/mol. The van der Waals surface area contributed by atoms with Crippen molar-refractivity contribution in [2.75, 3.05) is 6.54 Å². The molecule has 4 N–H and O–H groups in total. The Kier molecular flexibility index (Phi) is 23.2. The van der Waals surface area contributed by atoms with Crippen molar-refractivity contribution in [3.05, 3.63) is 105 Å². The Bertz CT molecular complexity index is 3460. The molecule has 66 heavy (non-hydrogen) atoms. The third kappa shape index (κ3) is 17.2. The number of ether oxygens (including phenoxy) is 1. The first-order valence-corrected chi connectivity index (χ1v) is 18.3. The molecule has 5 heterocycles. The van der Waals surface area contributed by atoms with E-state index in [4.69, 9.17) is 11.2 Å². The summed E-state index contributed by atoms with van der Waals surface area (Å²) in [4.78, 5) is 26.6. The summed E-state index contributed by atoms with van der Waals surface area (Å²) >= 11 is 0. The van der Waals surface area contributed by atoms with Crippen molar-refractivity contribution >= 4 is 16.6 Å². The first-order valence-electron chi connectivity index (χ1n) is 18.3. The number of fused-ring (bicyclic) bond motifs is 4. The van der Waals surface area contributed by atoms with E-state index in [1.165, 1.54) is 28.2 Å². The van der Waals surface area contributed by atoms with Gasteiger partial charge in [0, 0.05) is 103 Å². The molecular formula is C52H56N10O4. The SMILES string of the molecule is C.C.C#CC#CC#CC#CC#CC#CC#CC#CC#CC#CC#CC#CC.Cn1c2c(c3ccc(-n4ccc(OCc5cn6ccccc6n5)cc4=O)cc31)CCNC2.NN=NN[N+](=O)[O-].[HH].[HH].[HH].[HH].[HH].[HH].[HH].[HH].[HH]. The van der Waals surface area contributed by atoms with E-state index >= 15 is 0 Å². The Balaban J connectivity index is -0.000000160. The van der Waals surface area contributed by atoms with E-state index < -0.39 is 5.03 Å². The van der Waals surface area contributed by atoms with Gasteiger partial charge in [0.2, 0.25) is 0 Å². The van der Waals surface area contributed by atoms with Gasteiger partial charge in [-0.3, -0.25) is 15.2 Å². The summed E-state index contributed by atoms with van der Waals surface area (Å²) in [7, 11) is 2.09. The number of nitrogens with two attached hydrogens (primary N) is 1. The largest absolute Gasteiger partial charge is 0.487 e. The Hall–Kier alpha value is -10.5. The van der Waals surface area contributed by atoms with Crippen molar-refractivity contribution in [1.82, 2.24) is 29.4 Å². The van der Waals surface area contributed by atoms with Crippen LogP contribution in [0.3, 0.4) is 0 Å². The van der Waals surface area contributed by atoms with Crippen LogP contribution < -0.4 is 27.0 Å². The minimum absolute atomic E-state index is 0. The summed E-state index contributed by atoms with van der Waals surface area (Å²) < 4.78 is 11.7. The second kappa shape index (κ2) is 29.7. The number of nitro groups is 1. The molecule has 0 saturated carbocycles. The molecule has 1 aliphatic heterocycles. The van der Waals surface area contributed by atoms with Gasteiger partial charge >= 0.3 is 0 Å². The number of benzene rings is 1. The molecule has 1 aliphatic rings. The molecule has 0 unspecified atom stereocenters. The maximum absolute atomic E-state index is 12.9. The summed E-state index contributed by atoms with van der Waals surface area (Å²) in [6.07, 6.45) is 11.6. The highest BCUT2D eigenvalue weighted by Crippen LogP contribution is 2.29. The van der Waals surface area contributed by atoms with Crippen LogP contribution in [0, 0.1) is 153 Å². The average Bonchev–Trinajstić information content (AvgIpc) is 3.86. The van der Waals surface area contributed by atoms with Crippen molar-refractivity contribution in [3.8, 4) is 154 Å². The van der Waals surface area contributed by atoms with E-state index in [1.807, 2.05) is 47.1 Å². The van der Waals surface area contributed by atoms with Gasteiger partial charge in [-0.1, -0.05) is 32.9 Å². The predicted molar refractivity (Wildman–Crippen MR) is 275 cm³/mol. The lowest BCUT2D eigenvalue weighted by Gasteiger charge is -2.14. The highest BCUT2D eigenvalue weighted by molar-refractivity contribution is 5.87. The quantitative estimate of drug-likeness (QED) is 0.0581. The molecule has 4 aromatic heterocycles. The lowest BCUT2D eigenvalue weighted by Crippen LogP contribution is -2.24. The van der Waals surface area contributed by atoms with Crippen molar-refractivity contribution < 1.29 is 22.6 Å². The summed E-state index contributed by atoms with van der Waals surface area (Å²) in [5.74, 6) is 61.8. The molecule has 0 bridgehead atoms. The maximum Gasteiger partial charge on any atom is 0.258 e. The molecule has 14 heteroatoms. The number of terminal acetylenes is 1. The van der Waals surface area contributed by atoms with E-state index in [0.29, 0.717) is 12.4 Å². The van der Waals surface area contributed by atoms with Crippen molar-refractivity contribution in [2.45, 2.75) is 41.3 Å². The summed E-state index contributed by atoms with van der Waals surface area (Å²) in [5, 5.41) is 18.2. The van der Waals surface area contributed by atoms with Crippen molar-refractivity contribution in [1.29, 1.82) is 0 Å². The van der Waals surface area contributed by atoms with E-state index in [9.17, 15) is 14.9 Å². The zero-order chi connectivity index (χ0) is 45.6.